The van der Waals surface area contributed by atoms with E-state index in [-0.39, 0.29) is 5.91 Å². The van der Waals surface area contributed by atoms with Crippen LogP contribution in [0.1, 0.15) is 67.6 Å². The van der Waals surface area contributed by atoms with Crippen LogP contribution in [0.5, 0.6) is 0 Å². The Morgan fingerprint density at radius 3 is 2.57 bits per heavy atom. The zero-order valence-corrected chi connectivity index (χ0v) is 14.4. The lowest BCUT2D eigenvalue weighted by Crippen LogP contribution is -2.41. The molecule has 2 fully saturated rings. The molecule has 0 aromatic heterocycles. The zero-order valence-electron chi connectivity index (χ0n) is 14.4. The lowest BCUT2D eigenvalue weighted by atomic mass is 9.88. The molecular formula is C20H29NO2. The van der Waals surface area contributed by atoms with Gasteiger partial charge in [-0.3, -0.25) is 4.79 Å². The number of hydrogen-bond acceptors (Lipinski definition) is 2. The van der Waals surface area contributed by atoms with E-state index in [4.69, 9.17) is 0 Å². The van der Waals surface area contributed by atoms with Crippen LogP contribution >= 0.6 is 0 Å². The fourth-order valence-electron chi connectivity index (χ4n) is 3.80. The number of benzene rings is 1. The summed E-state index contributed by atoms with van der Waals surface area (Å²) in [6.07, 6.45) is 6.78. The third-order valence-electron chi connectivity index (χ3n) is 5.70. The molecule has 1 amide bonds. The van der Waals surface area contributed by atoms with Gasteiger partial charge in [-0.1, -0.05) is 31.0 Å². The maximum atomic E-state index is 12.4. The van der Waals surface area contributed by atoms with E-state index in [0.717, 1.165) is 25.7 Å². The van der Waals surface area contributed by atoms with Crippen molar-refractivity contribution in [2.75, 3.05) is 6.54 Å². The van der Waals surface area contributed by atoms with Gasteiger partial charge < -0.3 is 10.4 Å². The molecule has 2 aliphatic carbocycles. The standard InChI is InChI=1S/C20H29NO2/c1-14-5-6-17(11-15(14)2)18(16-7-8-16)12-19(22)21-13-20(23)9-3-4-10-20/h5-6,11,16,18,23H,3-4,7-10,12-13H2,1-2H3,(H,21,22). The van der Waals surface area contributed by atoms with Crippen molar-refractivity contribution >= 4 is 5.91 Å². The van der Waals surface area contributed by atoms with Crippen LogP contribution in [0.4, 0.5) is 0 Å². The van der Waals surface area contributed by atoms with E-state index in [9.17, 15) is 9.90 Å². The van der Waals surface area contributed by atoms with E-state index in [1.165, 1.54) is 29.5 Å². The number of amides is 1. The van der Waals surface area contributed by atoms with Crippen LogP contribution in [-0.4, -0.2) is 23.2 Å². The topological polar surface area (TPSA) is 49.3 Å². The first-order valence-corrected chi connectivity index (χ1v) is 9.03. The van der Waals surface area contributed by atoms with Crippen molar-refractivity contribution in [3.8, 4) is 0 Å². The lowest BCUT2D eigenvalue weighted by molar-refractivity contribution is -0.122. The van der Waals surface area contributed by atoms with Gasteiger partial charge in [0.05, 0.1) is 5.60 Å². The Bertz CT molecular complexity index is 571. The molecule has 1 unspecified atom stereocenters. The summed E-state index contributed by atoms with van der Waals surface area (Å²) in [4.78, 5) is 12.4. The number of aliphatic hydroxyl groups is 1. The number of carbonyl (C=O) groups excluding carboxylic acids is 1. The molecule has 3 heteroatoms. The molecule has 0 saturated heterocycles. The molecule has 0 heterocycles. The highest BCUT2D eigenvalue weighted by molar-refractivity contribution is 5.77. The summed E-state index contributed by atoms with van der Waals surface area (Å²) in [5.41, 5.74) is 3.24. The SMILES string of the molecule is Cc1ccc(C(CC(=O)NCC2(O)CCCC2)C2CC2)cc1C. The quantitative estimate of drug-likeness (QED) is 0.842. The van der Waals surface area contributed by atoms with E-state index < -0.39 is 5.60 Å². The van der Waals surface area contributed by atoms with Gasteiger partial charge in [-0.15, -0.1) is 0 Å². The summed E-state index contributed by atoms with van der Waals surface area (Å²) in [7, 11) is 0. The van der Waals surface area contributed by atoms with E-state index >= 15 is 0 Å². The average Bonchev–Trinajstić information content (AvgIpc) is 3.27. The molecule has 126 valence electrons. The molecule has 1 aromatic rings. The number of carbonyl (C=O) groups is 1. The van der Waals surface area contributed by atoms with Gasteiger partial charge in [-0.25, -0.2) is 0 Å². The second-order valence-corrected chi connectivity index (χ2v) is 7.70. The Balaban J connectivity index is 1.60. The Morgan fingerprint density at radius 1 is 1.26 bits per heavy atom. The molecule has 2 saturated carbocycles. The maximum absolute atomic E-state index is 12.4. The summed E-state index contributed by atoms with van der Waals surface area (Å²) in [6.45, 7) is 4.68. The molecule has 3 nitrogen and oxygen atoms in total. The first-order valence-electron chi connectivity index (χ1n) is 9.03. The normalized spacial score (nSPS) is 21.2. The maximum Gasteiger partial charge on any atom is 0.220 e. The average molecular weight is 315 g/mol. The number of rotatable bonds is 6. The molecular weight excluding hydrogens is 286 g/mol. The molecule has 0 bridgehead atoms. The number of aryl methyl sites for hydroxylation is 2. The van der Waals surface area contributed by atoms with Crippen LogP contribution in [0.15, 0.2) is 18.2 Å². The largest absolute Gasteiger partial charge is 0.388 e. The molecule has 1 aromatic carbocycles. The van der Waals surface area contributed by atoms with Gasteiger partial charge in [0.25, 0.3) is 0 Å². The minimum absolute atomic E-state index is 0.0838. The predicted octanol–water partition coefficient (Wildman–Crippen LogP) is 3.61. The highest BCUT2D eigenvalue weighted by atomic mass is 16.3. The van der Waals surface area contributed by atoms with Crippen molar-refractivity contribution in [3.05, 3.63) is 34.9 Å². The Labute approximate surface area is 139 Å². The minimum atomic E-state index is -0.662. The van der Waals surface area contributed by atoms with Gasteiger partial charge in [0.2, 0.25) is 5.91 Å². The minimum Gasteiger partial charge on any atom is -0.388 e. The Morgan fingerprint density at radius 2 is 1.96 bits per heavy atom. The molecule has 2 N–H and O–H groups in total. The van der Waals surface area contributed by atoms with Crippen LogP contribution < -0.4 is 5.32 Å². The van der Waals surface area contributed by atoms with Crippen molar-refractivity contribution in [1.29, 1.82) is 0 Å². The summed E-state index contributed by atoms with van der Waals surface area (Å²) >= 11 is 0. The fourth-order valence-corrected chi connectivity index (χ4v) is 3.80. The Kier molecular flexibility index (Phi) is 4.77. The number of hydrogen-bond donors (Lipinski definition) is 2. The molecule has 23 heavy (non-hydrogen) atoms. The van der Waals surface area contributed by atoms with Gasteiger partial charge >= 0.3 is 0 Å². The first kappa shape index (κ1) is 16.5. The van der Waals surface area contributed by atoms with Crippen LogP contribution in [0.3, 0.4) is 0 Å². The number of nitrogens with one attached hydrogen (secondary N) is 1. The van der Waals surface area contributed by atoms with Crippen LogP contribution in [-0.2, 0) is 4.79 Å². The predicted molar refractivity (Wildman–Crippen MR) is 92.4 cm³/mol. The van der Waals surface area contributed by atoms with Crippen molar-refractivity contribution in [2.45, 2.75) is 70.3 Å². The van der Waals surface area contributed by atoms with Crippen LogP contribution in [0.25, 0.3) is 0 Å². The molecule has 0 aliphatic heterocycles. The summed E-state index contributed by atoms with van der Waals surface area (Å²) in [5, 5.41) is 13.4. The molecule has 3 rings (SSSR count). The van der Waals surface area contributed by atoms with E-state index in [0.29, 0.717) is 24.8 Å². The van der Waals surface area contributed by atoms with Crippen LogP contribution in [0, 0.1) is 19.8 Å². The van der Waals surface area contributed by atoms with Gasteiger partial charge in [0.1, 0.15) is 0 Å². The van der Waals surface area contributed by atoms with E-state index in [1.54, 1.807) is 0 Å². The smallest absolute Gasteiger partial charge is 0.220 e. The van der Waals surface area contributed by atoms with E-state index in [2.05, 4.69) is 37.4 Å². The molecule has 0 spiro atoms. The van der Waals surface area contributed by atoms with Crippen LogP contribution in [0.2, 0.25) is 0 Å². The second-order valence-electron chi connectivity index (χ2n) is 7.70. The lowest BCUT2D eigenvalue weighted by Gasteiger charge is -2.23. The van der Waals surface area contributed by atoms with Gasteiger partial charge in [0.15, 0.2) is 0 Å². The van der Waals surface area contributed by atoms with Gasteiger partial charge in [-0.05, 0) is 68.1 Å². The van der Waals surface area contributed by atoms with Crippen molar-refractivity contribution in [2.24, 2.45) is 5.92 Å². The first-order chi connectivity index (χ1) is 11.0. The van der Waals surface area contributed by atoms with E-state index in [1.807, 2.05) is 0 Å². The van der Waals surface area contributed by atoms with Crippen molar-refractivity contribution < 1.29 is 9.90 Å². The molecule has 2 aliphatic rings. The second kappa shape index (κ2) is 6.64. The summed E-state index contributed by atoms with van der Waals surface area (Å²) in [5.74, 6) is 1.06. The van der Waals surface area contributed by atoms with Crippen molar-refractivity contribution in [3.63, 3.8) is 0 Å². The Hall–Kier alpha value is -1.35. The highest BCUT2D eigenvalue weighted by Crippen LogP contribution is 2.44. The summed E-state index contributed by atoms with van der Waals surface area (Å²) in [6, 6.07) is 6.60. The zero-order chi connectivity index (χ0) is 16.4. The molecule has 0 radical (unpaired) electrons. The monoisotopic (exact) mass is 315 g/mol. The fraction of sp³-hybridized carbons (Fsp3) is 0.650. The van der Waals surface area contributed by atoms with Gasteiger partial charge in [-0.2, -0.15) is 0 Å². The molecule has 1 atom stereocenters. The van der Waals surface area contributed by atoms with Crippen molar-refractivity contribution in [1.82, 2.24) is 5.32 Å². The third-order valence-corrected chi connectivity index (χ3v) is 5.70. The van der Waals surface area contributed by atoms with Gasteiger partial charge in [0, 0.05) is 13.0 Å². The third kappa shape index (κ3) is 4.14. The summed E-state index contributed by atoms with van der Waals surface area (Å²) < 4.78 is 0. The highest BCUT2D eigenvalue weighted by Gasteiger charge is 2.35.